The Kier molecular flexibility index (Phi) is 6.64. The average Bonchev–Trinajstić information content (AvgIpc) is 2.53. The van der Waals surface area contributed by atoms with Gasteiger partial charge in [-0.25, -0.2) is 10.8 Å². The van der Waals surface area contributed by atoms with Gasteiger partial charge in [-0.15, -0.1) is 0 Å². The largest absolute Gasteiger partial charge is 0.352 e. The molecule has 4 nitrogen and oxygen atoms in total. The van der Waals surface area contributed by atoms with Crippen molar-refractivity contribution in [1.82, 2.24) is 10.7 Å². The summed E-state index contributed by atoms with van der Waals surface area (Å²) >= 11 is 0. The van der Waals surface area contributed by atoms with Crippen LogP contribution in [-0.4, -0.2) is 18.0 Å². The lowest BCUT2D eigenvalue weighted by molar-refractivity contribution is 0.282. The highest BCUT2D eigenvalue weighted by Crippen LogP contribution is 2.27. The van der Waals surface area contributed by atoms with Gasteiger partial charge in [0.2, 0.25) is 5.96 Å². The number of aliphatic imine (C=N–C) groups is 1. The summed E-state index contributed by atoms with van der Waals surface area (Å²) in [6.07, 6.45) is 14.4. The van der Waals surface area contributed by atoms with Crippen LogP contribution < -0.4 is 16.6 Å². The van der Waals surface area contributed by atoms with Crippen LogP contribution in [0.15, 0.2) is 4.99 Å². The zero-order valence-corrected chi connectivity index (χ0v) is 13.0. The number of nitrogens with zero attached hydrogens (tertiary/aromatic N) is 1. The topological polar surface area (TPSA) is 62.4 Å². The first-order valence-electron chi connectivity index (χ1n) is 8.64. The third-order valence-electron chi connectivity index (χ3n) is 5.00. The van der Waals surface area contributed by atoms with E-state index < -0.39 is 0 Å². The first-order chi connectivity index (χ1) is 9.83. The Bertz CT molecular complexity index is 291. The molecule has 2 fully saturated rings. The molecule has 0 radical (unpaired) electrons. The Morgan fingerprint density at radius 1 is 1.05 bits per heavy atom. The molecule has 0 spiro atoms. The van der Waals surface area contributed by atoms with Gasteiger partial charge >= 0.3 is 0 Å². The molecule has 116 valence electrons. The monoisotopic (exact) mass is 280 g/mol. The molecule has 0 aromatic heterocycles. The molecular weight excluding hydrogens is 248 g/mol. The molecule has 0 amide bonds. The summed E-state index contributed by atoms with van der Waals surface area (Å²) in [5, 5.41) is 3.58. The highest BCUT2D eigenvalue weighted by atomic mass is 15.3. The molecule has 0 aromatic carbocycles. The lowest BCUT2D eigenvalue weighted by Crippen LogP contribution is -2.49. The summed E-state index contributed by atoms with van der Waals surface area (Å²) in [5.74, 6) is 7.28. The Labute approximate surface area is 124 Å². The van der Waals surface area contributed by atoms with Gasteiger partial charge in [-0.1, -0.05) is 45.4 Å². The van der Waals surface area contributed by atoms with Crippen molar-refractivity contribution in [2.45, 2.75) is 89.6 Å². The lowest BCUT2D eigenvalue weighted by atomic mass is 9.83. The Morgan fingerprint density at radius 2 is 1.65 bits per heavy atom. The van der Waals surface area contributed by atoms with E-state index in [4.69, 9.17) is 10.8 Å². The van der Waals surface area contributed by atoms with Crippen molar-refractivity contribution in [3.05, 3.63) is 0 Å². The third-order valence-corrected chi connectivity index (χ3v) is 5.00. The van der Waals surface area contributed by atoms with E-state index in [2.05, 4.69) is 17.7 Å². The molecule has 0 saturated heterocycles. The van der Waals surface area contributed by atoms with Gasteiger partial charge in [0, 0.05) is 6.04 Å². The molecule has 20 heavy (non-hydrogen) atoms. The van der Waals surface area contributed by atoms with Gasteiger partial charge in [-0.3, -0.25) is 5.43 Å². The van der Waals surface area contributed by atoms with E-state index in [0.717, 1.165) is 18.3 Å². The number of nitrogens with two attached hydrogens (primary N) is 1. The summed E-state index contributed by atoms with van der Waals surface area (Å²) in [6, 6.07) is 0.986. The second-order valence-electron chi connectivity index (χ2n) is 6.47. The molecule has 0 bridgehead atoms. The van der Waals surface area contributed by atoms with Crippen LogP contribution in [-0.2, 0) is 0 Å². The van der Waals surface area contributed by atoms with E-state index in [1.807, 2.05) is 0 Å². The average molecular weight is 280 g/mol. The minimum atomic E-state index is 0.464. The summed E-state index contributed by atoms with van der Waals surface area (Å²) < 4.78 is 0. The van der Waals surface area contributed by atoms with Crippen LogP contribution in [0.5, 0.6) is 0 Å². The van der Waals surface area contributed by atoms with Gasteiger partial charge in [0.05, 0.1) is 6.04 Å². The van der Waals surface area contributed by atoms with Crippen molar-refractivity contribution >= 4 is 5.96 Å². The normalized spacial score (nSPS) is 24.4. The standard InChI is InChI=1S/C16H32N4/c1-2-15(13-9-5-3-6-10-13)19-16(20-17)18-14-11-7-4-8-12-14/h13-15H,2-12,17H2,1H3,(H2,18,19,20). The quantitative estimate of drug-likeness (QED) is 0.321. The van der Waals surface area contributed by atoms with Crippen molar-refractivity contribution in [2.75, 3.05) is 0 Å². The van der Waals surface area contributed by atoms with Crippen LogP contribution in [0.1, 0.15) is 77.6 Å². The van der Waals surface area contributed by atoms with E-state index in [0.29, 0.717) is 12.1 Å². The van der Waals surface area contributed by atoms with Crippen LogP contribution in [0.25, 0.3) is 0 Å². The maximum Gasteiger partial charge on any atom is 0.206 e. The van der Waals surface area contributed by atoms with Crippen molar-refractivity contribution in [3.8, 4) is 0 Å². The molecule has 2 rings (SSSR count). The molecule has 2 saturated carbocycles. The van der Waals surface area contributed by atoms with Crippen LogP contribution >= 0.6 is 0 Å². The molecule has 0 heterocycles. The van der Waals surface area contributed by atoms with E-state index in [9.17, 15) is 0 Å². The fourth-order valence-electron chi connectivity index (χ4n) is 3.77. The lowest BCUT2D eigenvalue weighted by Gasteiger charge is -2.31. The summed E-state index contributed by atoms with van der Waals surface area (Å²) in [6.45, 7) is 2.26. The minimum Gasteiger partial charge on any atom is -0.352 e. The first-order valence-corrected chi connectivity index (χ1v) is 8.64. The number of hydrazine groups is 1. The van der Waals surface area contributed by atoms with E-state index in [1.54, 1.807) is 0 Å². The smallest absolute Gasteiger partial charge is 0.206 e. The first kappa shape index (κ1) is 15.6. The highest BCUT2D eigenvalue weighted by Gasteiger charge is 2.23. The van der Waals surface area contributed by atoms with Crippen LogP contribution in [0.3, 0.4) is 0 Å². The van der Waals surface area contributed by atoms with Crippen molar-refractivity contribution in [2.24, 2.45) is 16.8 Å². The fraction of sp³-hybridized carbons (Fsp3) is 0.938. The maximum atomic E-state index is 5.68. The minimum absolute atomic E-state index is 0.464. The van der Waals surface area contributed by atoms with Crippen LogP contribution in [0, 0.1) is 5.92 Å². The molecule has 4 N–H and O–H groups in total. The molecule has 0 aromatic rings. The van der Waals surface area contributed by atoms with E-state index in [1.165, 1.54) is 64.2 Å². The predicted molar refractivity (Wildman–Crippen MR) is 85.4 cm³/mol. The third kappa shape index (κ3) is 4.65. The van der Waals surface area contributed by atoms with Gasteiger partial charge in [-0.05, 0) is 38.0 Å². The molecule has 1 atom stereocenters. The number of rotatable bonds is 4. The van der Waals surface area contributed by atoms with Gasteiger partial charge in [0.15, 0.2) is 0 Å². The zero-order valence-electron chi connectivity index (χ0n) is 13.0. The number of nitrogens with one attached hydrogen (secondary N) is 2. The molecule has 2 aliphatic carbocycles. The van der Waals surface area contributed by atoms with Crippen molar-refractivity contribution in [1.29, 1.82) is 0 Å². The maximum absolute atomic E-state index is 5.68. The zero-order chi connectivity index (χ0) is 14.2. The summed E-state index contributed by atoms with van der Waals surface area (Å²) in [7, 11) is 0. The number of guanidine groups is 1. The Balaban J connectivity index is 1.90. The Morgan fingerprint density at radius 3 is 2.20 bits per heavy atom. The van der Waals surface area contributed by atoms with Crippen molar-refractivity contribution < 1.29 is 0 Å². The molecule has 1 unspecified atom stereocenters. The fourth-order valence-corrected chi connectivity index (χ4v) is 3.77. The van der Waals surface area contributed by atoms with Crippen molar-refractivity contribution in [3.63, 3.8) is 0 Å². The van der Waals surface area contributed by atoms with Gasteiger partial charge in [-0.2, -0.15) is 0 Å². The van der Waals surface area contributed by atoms with E-state index in [-0.39, 0.29) is 0 Å². The summed E-state index contributed by atoms with van der Waals surface area (Å²) in [5.41, 5.74) is 2.79. The number of hydrogen-bond donors (Lipinski definition) is 3. The van der Waals surface area contributed by atoms with E-state index >= 15 is 0 Å². The predicted octanol–water partition coefficient (Wildman–Crippen LogP) is 3.09. The number of hydrogen-bond acceptors (Lipinski definition) is 2. The summed E-state index contributed by atoms with van der Waals surface area (Å²) in [4.78, 5) is 4.81. The molecule has 0 aliphatic heterocycles. The van der Waals surface area contributed by atoms with Crippen LogP contribution in [0.4, 0.5) is 0 Å². The molecular formula is C16H32N4. The second kappa shape index (κ2) is 8.50. The highest BCUT2D eigenvalue weighted by molar-refractivity contribution is 5.79. The van der Waals surface area contributed by atoms with Crippen LogP contribution in [0.2, 0.25) is 0 Å². The van der Waals surface area contributed by atoms with Gasteiger partial charge in [0.1, 0.15) is 0 Å². The molecule has 4 heteroatoms. The Hall–Kier alpha value is -0.770. The second-order valence-corrected chi connectivity index (χ2v) is 6.47. The SMILES string of the molecule is CCC(NC(=NC1CCCCC1)NN)C1CCCCC1. The molecule has 2 aliphatic rings. The van der Waals surface area contributed by atoms with Gasteiger partial charge < -0.3 is 5.32 Å². The van der Waals surface area contributed by atoms with Gasteiger partial charge in [0.25, 0.3) is 0 Å².